The first-order chi connectivity index (χ1) is 8.25. The van der Waals surface area contributed by atoms with E-state index in [-0.39, 0.29) is 10.8 Å². The maximum atomic E-state index is 13.3. The van der Waals surface area contributed by atoms with Crippen molar-refractivity contribution in [2.45, 2.75) is 12.3 Å². The van der Waals surface area contributed by atoms with E-state index in [4.69, 9.17) is 11.6 Å². The van der Waals surface area contributed by atoms with Gasteiger partial charge < -0.3 is 10.6 Å². The van der Waals surface area contributed by atoms with Crippen molar-refractivity contribution in [3.63, 3.8) is 0 Å². The van der Waals surface area contributed by atoms with Gasteiger partial charge in [0.25, 0.3) is 0 Å². The van der Waals surface area contributed by atoms with Gasteiger partial charge in [0.1, 0.15) is 5.82 Å². The predicted molar refractivity (Wildman–Crippen MR) is 68.2 cm³/mol. The summed E-state index contributed by atoms with van der Waals surface area (Å²) in [5.74, 6) is 0.00283. The molecule has 0 aromatic heterocycles. The molecule has 4 heteroatoms. The summed E-state index contributed by atoms with van der Waals surface area (Å²) in [4.78, 5) is 0. The summed E-state index contributed by atoms with van der Waals surface area (Å²) < 4.78 is 13.3. The molecular formula is C13H14ClFN2. The van der Waals surface area contributed by atoms with Gasteiger partial charge in [-0.1, -0.05) is 23.3 Å². The summed E-state index contributed by atoms with van der Waals surface area (Å²) in [7, 11) is 0. The molecule has 0 aliphatic carbocycles. The van der Waals surface area contributed by atoms with E-state index in [1.54, 1.807) is 6.07 Å². The van der Waals surface area contributed by atoms with Crippen molar-refractivity contribution in [1.82, 2.24) is 5.32 Å². The third kappa shape index (κ3) is 1.94. The molecule has 0 spiro atoms. The second-order valence-electron chi connectivity index (χ2n) is 4.52. The molecule has 0 fully saturated rings. The number of benzene rings is 1. The highest BCUT2D eigenvalue weighted by Crippen LogP contribution is 2.39. The zero-order chi connectivity index (χ0) is 11.8. The standard InChI is InChI=1S/C13H14ClFN2/c14-11-5-9-10(8-1-3-16-4-2-8)7-17-13(9)6-12(11)15/h1,5-6,10,16-17H,2-4,7H2. The van der Waals surface area contributed by atoms with Crippen LogP contribution in [-0.2, 0) is 0 Å². The Morgan fingerprint density at radius 1 is 1.35 bits per heavy atom. The van der Waals surface area contributed by atoms with Crippen LogP contribution >= 0.6 is 11.6 Å². The fraction of sp³-hybridized carbons (Fsp3) is 0.385. The molecule has 2 nitrogen and oxygen atoms in total. The molecule has 1 aromatic carbocycles. The summed E-state index contributed by atoms with van der Waals surface area (Å²) in [5, 5.41) is 6.77. The van der Waals surface area contributed by atoms with E-state index in [1.807, 2.05) is 0 Å². The molecule has 2 aliphatic rings. The lowest BCUT2D eigenvalue weighted by Gasteiger charge is -2.20. The summed E-state index contributed by atoms with van der Waals surface area (Å²) in [6, 6.07) is 3.26. The molecule has 1 atom stereocenters. The van der Waals surface area contributed by atoms with Gasteiger partial charge in [-0.2, -0.15) is 0 Å². The maximum absolute atomic E-state index is 13.3. The van der Waals surface area contributed by atoms with Gasteiger partial charge in [-0.25, -0.2) is 4.39 Å². The van der Waals surface area contributed by atoms with Gasteiger partial charge in [0.05, 0.1) is 5.02 Å². The van der Waals surface area contributed by atoms with E-state index in [9.17, 15) is 4.39 Å². The van der Waals surface area contributed by atoms with Crippen molar-refractivity contribution < 1.29 is 4.39 Å². The maximum Gasteiger partial charge on any atom is 0.143 e. The molecule has 90 valence electrons. The molecule has 1 unspecified atom stereocenters. The minimum atomic E-state index is -0.349. The lowest BCUT2D eigenvalue weighted by atomic mass is 9.89. The highest BCUT2D eigenvalue weighted by atomic mass is 35.5. The van der Waals surface area contributed by atoms with Gasteiger partial charge in [0.2, 0.25) is 0 Å². The van der Waals surface area contributed by atoms with Crippen LogP contribution in [0.25, 0.3) is 0 Å². The van der Waals surface area contributed by atoms with E-state index in [1.165, 1.54) is 11.6 Å². The Bertz CT molecular complexity index is 485. The molecule has 2 N–H and O–H groups in total. The zero-order valence-corrected chi connectivity index (χ0v) is 10.1. The molecule has 1 aromatic rings. The Hall–Kier alpha value is -1.06. The average molecular weight is 253 g/mol. The molecule has 0 saturated heterocycles. The van der Waals surface area contributed by atoms with Crippen LogP contribution in [0.2, 0.25) is 5.02 Å². The zero-order valence-electron chi connectivity index (χ0n) is 9.39. The fourth-order valence-corrected chi connectivity index (χ4v) is 2.79. The van der Waals surface area contributed by atoms with E-state index in [0.717, 1.165) is 37.3 Å². The third-order valence-electron chi connectivity index (χ3n) is 3.51. The highest BCUT2D eigenvalue weighted by Gasteiger charge is 2.27. The lowest BCUT2D eigenvalue weighted by Crippen LogP contribution is -2.23. The Morgan fingerprint density at radius 2 is 2.24 bits per heavy atom. The molecule has 0 bridgehead atoms. The van der Waals surface area contributed by atoms with Crippen LogP contribution in [-0.4, -0.2) is 19.6 Å². The van der Waals surface area contributed by atoms with Crippen LogP contribution in [0.1, 0.15) is 17.9 Å². The minimum Gasteiger partial charge on any atom is -0.384 e. The number of nitrogens with one attached hydrogen (secondary N) is 2. The van der Waals surface area contributed by atoms with Crippen molar-refractivity contribution in [2.24, 2.45) is 0 Å². The highest BCUT2D eigenvalue weighted by molar-refractivity contribution is 6.30. The van der Waals surface area contributed by atoms with Crippen LogP contribution in [0.4, 0.5) is 10.1 Å². The fourth-order valence-electron chi connectivity index (χ4n) is 2.61. The second-order valence-corrected chi connectivity index (χ2v) is 4.93. The largest absolute Gasteiger partial charge is 0.384 e. The van der Waals surface area contributed by atoms with Crippen LogP contribution in [0, 0.1) is 5.82 Å². The number of hydrogen-bond acceptors (Lipinski definition) is 2. The number of fused-ring (bicyclic) bond motifs is 1. The summed E-state index contributed by atoms with van der Waals surface area (Å²) >= 11 is 5.86. The molecule has 0 amide bonds. The number of hydrogen-bond donors (Lipinski definition) is 2. The summed E-state index contributed by atoms with van der Waals surface area (Å²) in [6.07, 6.45) is 3.29. The van der Waals surface area contributed by atoms with Crippen LogP contribution in [0.5, 0.6) is 0 Å². The molecule has 2 aliphatic heterocycles. The molecular weight excluding hydrogens is 239 g/mol. The Morgan fingerprint density at radius 3 is 3.00 bits per heavy atom. The Kier molecular flexibility index (Phi) is 2.81. The van der Waals surface area contributed by atoms with Crippen molar-refractivity contribution >= 4 is 17.3 Å². The van der Waals surface area contributed by atoms with Gasteiger partial charge in [-0.05, 0) is 30.7 Å². The molecule has 0 saturated carbocycles. The number of rotatable bonds is 1. The normalized spacial score (nSPS) is 22.9. The first-order valence-corrected chi connectivity index (χ1v) is 6.26. The van der Waals surface area contributed by atoms with E-state index in [0.29, 0.717) is 5.92 Å². The topological polar surface area (TPSA) is 24.1 Å². The minimum absolute atomic E-state index is 0.215. The lowest BCUT2D eigenvalue weighted by molar-refractivity contribution is 0.628. The molecule has 0 radical (unpaired) electrons. The second kappa shape index (κ2) is 4.31. The van der Waals surface area contributed by atoms with Crippen molar-refractivity contribution in [3.05, 3.63) is 40.2 Å². The first kappa shape index (κ1) is 11.1. The first-order valence-electron chi connectivity index (χ1n) is 5.88. The summed E-state index contributed by atoms with van der Waals surface area (Å²) in [6.45, 7) is 2.80. The van der Waals surface area contributed by atoms with Crippen LogP contribution in [0.15, 0.2) is 23.8 Å². The van der Waals surface area contributed by atoms with Gasteiger partial charge in [0, 0.05) is 24.7 Å². The molecule has 17 heavy (non-hydrogen) atoms. The SMILES string of the molecule is Fc1cc2c(cc1Cl)C(C1=CCNCC1)CN2. The van der Waals surface area contributed by atoms with Crippen molar-refractivity contribution in [1.29, 1.82) is 0 Å². The van der Waals surface area contributed by atoms with Crippen molar-refractivity contribution in [3.8, 4) is 0 Å². The summed E-state index contributed by atoms with van der Waals surface area (Å²) in [5.41, 5.74) is 3.44. The number of halogens is 2. The van der Waals surface area contributed by atoms with Gasteiger partial charge in [-0.15, -0.1) is 0 Å². The quantitative estimate of drug-likeness (QED) is 0.751. The van der Waals surface area contributed by atoms with Gasteiger partial charge >= 0.3 is 0 Å². The molecule has 3 rings (SSSR count). The van der Waals surface area contributed by atoms with Crippen LogP contribution < -0.4 is 10.6 Å². The van der Waals surface area contributed by atoms with E-state index in [2.05, 4.69) is 16.7 Å². The third-order valence-corrected chi connectivity index (χ3v) is 3.80. The van der Waals surface area contributed by atoms with Crippen LogP contribution in [0.3, 0.4) is 0 Å². The van der Waals surface area contributed by atoms with Crippen molar-refractivity contribution in [2.75, 3.05) is 25.0 Å². The van der Waals surface area contributed by atoms with Gasteiger partial charge in [-0.3, -0.25) is 0 Å². The molecule has 2 heterocycles. The Balaban J connectivity index is 1.98. The predicted octanol–water partition coefficient (Wildman–Crippen LogP) is 2.91. The van der Waals surface area contributed by atoms with E-state index < -0.39 is 0 Å². The smallest absolute Gasteiger partial charge is 0.143 e. The Labute approximate surface area is 105 Å². The monoisotopic (exact) mass is 252 g/mol. The van der Waals surface area contributed by atoms with E-state index >= 15 is 0 Å². The number of anilines is 1. The van der Waals surface area contributed by atoms with Gasteiger partial charge in [0.15, 0.2) is 0 Å². The average Bonchev–Trinajstić information content (AvgIpc) is 2.74.